The number of fused-ring (bicyclic) bond motifs is 7. The first-order valence-electron chi connectivity index (χ1n) is 13.6. The van der Waals surface area contributed by atoms with Crippen LogP contribution in [0, 0.1) is 50.7 Å². The molecule has 0 aromatic carbocycles. The topological polar surface area (TPSA) is 43.4 Å². The molecule has 0 amide bonds. The first kappa shape index (κ1) is 25.9. The van der Waals surface area contributed by atoms with Crippen molar-refractivity contribution in [1.82, 2.24) is 0 Å². The molecule has 5 aliphatic carbocycles. The van der Waals surface area contributed by atoms with Gasteiger partial charge in [0, 0.05) is 5.41 Å². The van der Waals surface area contributed by atoms with Gasteiger partial charge in [0.15, 0.2) is 0 Å². The van der Waals surface area contributed by atoms with Crippen molar-refractivity contribution < 1.29 is 25.8 Å². The quantitative estimate of drug-likeness (QED) is 0.274. The Morgan fingerprint density at radius 2 is 1.51 bits per heavy atom. The maximum Gasteiger partial charge on any atom is 0.534 e. The minimum Gasteiger partial charge on any atom is -0.380 e. The van der Waals surface area contributed by atoms with E-state index in [1.54, 1.807) is 6.08 Å². The molecule has 0 spiro atoms. The summed E-state index contributed by atoms with van der Waals surface area (Å²) in [6, 6.07) is 0. The van der Waals surface area contributed by atoms with Gasteiger partial charge in [-0.25, -0.2) is 0 Å². The van der Waals surface area contributed by atoms with Crippen LogP contribution in [-0.4, -0.2) is 13.9 Å². The molecule has 4 fully saturated rings. The van der Waals surface area contributed by atoms with E-state index in [-0.39, 0.29) is 27.9 Å². The van der Waals surface area contributed by atoms with Gasteiger partial charge in [-0.3, -0.25) is 0 Å². The zero-order valence-electron chi connectivity index (χ0n) is 22.2. The van der Waals surface area contributed by atoms with Crippen molar-refractivity contribution in [2.24, 2.45) is 50.7 Å². The number of halogens is 3. The number of alkyl halides is 3. The summed E-state index contributed by atoms with van der Waals surface area (Å²) in [5, 5.41) is 0. The normalized spacial score (nSPS) is 49.2. The van der Waals surface area contributed by atoms with E-state index >= 15 is 0 Å². The first-order chi connectivity index (χ1) is 15.9. The van der Waals surface area contributed by atoms with Crippen LogP contribution < -0.4 is 0 Å². The fraction of sp³-hybridized carbons (Fsp3) is 0.929. The summed E-state index contributed by atoms with van der Waals surface area (Å²) in [5.74, 6) is 2.10. The van der Waals surface area contributed by atoms with Crippen LogP contribution in [0.5, 0.6) is 0 Å². The smallest absolute Gasteiger partial charge is 0.380 e. The van der Waals surface area contributed by atoms with Crippen LogP contribution in [0.1, 0.15) is 106 Å². The summed E-state index contributed by atoms with van der Waals surface area (Å²) < 4.78 is 67.8. The lowest BCUT2D eigenvalue weighted by Gasteiger charge is -2.72. The molecule has 8 atom stereocenters. The monoisotopic (exact) mass is 516 g/mol. The third-order valence-corrected chi connectivity index (χ3v) is 13.7. The Bertz CT molecular complexity index is 1030. The van der Waals surface area contributed by atoms with Crippen molar-refractivity contribution in [3.63, 3.8) is 0 Å². The van der Waals surface area contributed by atoms with Crippen LogP contribution >= 0.6 is 0 Å². The maximum absolute atomic E-state index is 13.1. The molecular weight excluding hydrogens is 473 g/mol. The Kier molecular flexibility index (Phi) is 5.51. The number of allylic oxidation sites excluding steroid dienone is 2. The fourth-order valence-electron chi connectivity index (χ4n) is 10.8. The highest BCUT2D eigenvalue weighted by Gasteiger charge is 2.69. The van der Waals surface area contributed by atoms with Gasteiger partial charge in [0.05, 0.1) is 0 Å². The minimum atomic E-state index is -5.67. The highest BCUT2D eigenvalue weighted by molar-refractivity contribution is 7.87. The lowest BCUT2D eigenvalue weighted by molar-refractivity contribution is -0.224. The highest BCUT2D eigenvalue weighted by Crippen LogP contribution is 2.76. The fourth-order valence-corrected chi connectivity index (χ4v) is 11.4. The Morgan fingerprint density at radius 1 is 0.829 bits per heavy atom. The largest absolute Gasteiger partial charge is 0.534 e. The molecular formula is C28H43F3O3S. The second-order valence-corrected chi connectivity index (χ2v) is 15.8. The minimum absolute atomic E-state index is 0.0276. The Balaban J connectivity index is 1.49. The lowest BCUT2D eigenvalue weighted by atomic mass is 9.33. The summed E-state index contributed by atoms with van der Waals surface area (Å²) in [6.07, 6.45) is 13.3. The van der Waals surface area contributed by atoms with E-state index in [0.717, 1.165) is 31.1 Å². The van der Waals surface area contributed by atoms with Crippen LogP contribution in [0.3, 0.4) is 0 Å². The molecule has 3 nitrogen and oxygen atoms in total. The number of hydrogen-bond donors (Lipinski definition) is 0. The molecule has 0 aliphatic heterocycles. The highest BCUT2D eigenvalue weighted by atomic mass is 32.2. The van der Waals surface area contributed by atoms with Crippen LogP contribution in [0.25, 0.3) is 0 Å². The van der Waals surface area contributed by atoms with Crippen molar-refractivity contribution >= 4 is 10.1 Å². The second-order valence-electron chi connectivity index (χ2n) is 14.3. The molecule has 5 rings (SSSR count). The molecule has 5 aliphatic rings. The van der Waals surface area contributed by atoms with Gasteiger partial charge in [-0.1, -0.05) is 48.0 Å². The molecule has 0 saturated heterocycles. The molecule has 200 valence electrons. The van der Waals surface area contributed by atoms with Gasteiger partial charge in [-0.2, -0.15) is 21.6 Å². The molecule has 35 heavy (non-hydrogen) atoms. The average molecular weight is 517 g/mol. The summed E-state index contributed by atoms with van der Waals surface area (Å²) in [4.78, 5) is 0. The zero-order chi connectivity index (χ0) is 25.9. The van der Waals surface area contributed by atoms with E-state index in [9.17, 15) is 21.6 Å². The molecule has 4 saturated carbocycles. The molecule has 0 heterocycles. The van der Waals surface area contributed by atoms with Gasteiger partial charge in [-0.05, 0) is 109 Å². The summed E-state index contributed by atoms with van der Waals surface area (Å²) >= 11 is 0. The molecule has 7 heteroatoms. The number of hydrogen-bond acceptors (Lipinski definition) is 3. The lowest BCUT2D eigenvalue weighted by Crippen LogP contribution is -2.64. The third kappa shape index (κ3) is 3.30. The Hall–Kier alpha value is -0.720. The maximum atomic E-state index is 13.1. The van der Waals surface area contributed by atoms with Gasteiger partial charge in [-0.15, -0.1) is 0 Å². The third-order valence-electron chi connectivity index (χ3n) is 12.8. The van der Waals surface area contributed by atoms with Crippen LogP contribution in [0.2, 0.25) is 0 Å². The van der Waals surface area contributed by atoms with Gasteiger partial charge in [0.25, 0.3) is 0 Å². The SMILES string of the molecule is CC1(C)C(OS(=O)(=O)C(F)(F)F)=CC[C@@]2(C)C1CC[C@]1(C)C2CC[C@@H]2[C@H]3CCC[C@]3(C)CC[C@]21C. The van der Waals surface area contributed by atoms with E-state index in [4.69, 9.17) is 4.18 Å². The van der Waals surface area contributed by atoms with Crippen molar-refractivity contribution in [2.75, 3.05) is 0 Å². The van der Waals surface area contributed by atoms with Gasteiger partial charge < -0.3 is 4.18 Å². The summed E-state index contributed by atoms with van der Waals surface area (Å²) in [5.41, 5.74) is -5.32. The number of rotatable bonds is 2. The van der Waals surface area contributed by atoms with Crippen LogP contribution in [0.4, 0.5) is 13.2 Å². The average Bonchev–Trinajstić information content (AvgIpc) is 3.12. The second kappa shape index (κ2) is 7.44. The summed E-state index contributed by atoms with van der Waals surface area (Å²) in [7, 11) is -5.67. The van der Waals surface area contributed by atoms with Crippen LogP contribution in [0.15, 0.2) is 11.8 Å². The Morgan fingerprint density at radius 3 is 2.17 bits per heavy atom. The van der Waals surface area contributed by atoms with Crippen LogP contribution in [-0.2, 0) is 14.3 Å². The Labute approximate surface area is 209 Å². The van der Waals surface area contributed by atoms with Crippen molar-refractivity contribution in [1.29, 1.82) is 0 Å². The molecule has 0 bridgehead atoms. The van der Waals surface area contributed by atoms with Gasteiger partial charge in [0.2, 0.25) is 0 Å². The standard InChI is InChI=1S/C28H43F3O3S/c1-23(2)20-11-15-27(6)21(25(20,4)14-12-22(23)34-35(32,33)28(29,30)31)10-9-19-18-8-7-13-24(18,3)16-17-26(19,27)5/h12,18-21H,7-11,13-17H2,1-6H3/t18-,19-,20?,21?,24-,25+,26-,27-/m1/s1. The van der Waals surface area contributed by atoms with E-state index in [2.05, 4.69) is 27.7 Å². The first-order valence-corrected chi connectivity index (χ1v) is 15.0. The molecule has 0 aromatic heterocycles. The van der Waals surface area contributed by atoms with E-state index in [1.807, 2.05) is 13.8 Å². The zero-order valence-corrected chi connectivity index (χ0v) is 23.0. The molecule has 2 unspecified atom stereocenters. The molecule has 0 N–H and O–H groups in total. The van der Waals surface area contributed by atoms with Crippen molar-refractivity contribution in [3.05, 3.63) is 11.8 Å². The molecule has 0 aromatic rings. The molecule has 0 radical (unpaired) electrons. The van der Waals surface area contributed by atoms with E-state index in [0.29, 0.717) is 17.8 Å². The van der Waals surface area contributed by atoms with E-state index < -0.39 is 21.0 Å². The predicted molar refractivity (Wildman–Crippen MR) is 130 cm³/mol. The van der Waals surface area contributed by atoms with Crippen molar-refractivity contribution in [2.45, 2.75) is 111 Å². The predicted octanol–water partition coefficient (Wildman–Crippen LogP) is 8.22. The van der Waals surface area contributed by atoms with Crippen molar-refractivity contribution in [3.8, 4) is 0 Å². The van der Waals surface area contributed by atoms with Gasteiger partial charge in [0.1, 0.15) is 5.76 Å². The van der Waals surface area contributed by atoms with Gasteiger partial charge >= 0.3 is 15.6 Å². The summed E-state index contributed by atoms with van der Waals surface area (Å²) in [6.45, 7) is 13.7. The van der Waals surface area contributed by atoms with E-state index in [1.165, 1.54) is 38.5 Å².